The van der Waals surface area contributed by atoms with E-state index in [0.29, 0.717) is 9.90 Å². The molecule has 0 amide bonds. The summed E-state index contributed by atoms with van der Waals surface area (Å²) in [7, 11) is 0. The number of hydrazine groups is 1. The van der Waals surface area contributed by atoms with Crippen molar-refractivity contribution >= 4 is 22.9 Å². The molecule has 80 valence electrons. The van der Waals surface area contributed by atoms with Gasteiger partial charge >= 0.3 is 6.18 Å². The van der Waals surface area contributed by atoms with Crippen LogP contribution in [0.1, 0.15) is 17.3 Å². The van der Waals surface area contributed by atoms with E-state index in [1.165, 1.54) is 0 Å². The van der Waals surface area contributed by atoms with Gasteiger partial charge in [-0.2, -0.15) is 13.2 Å². The normalized spacial score (nSPS) is 14.4. The second-order valence-electron chi connectivity index (χ2n) is 2.67. The lowest BCUT2D eigenvalue weighted by molar-refractivity contribution is -0.140. The standard InChI is InChI=1S/C7H8ClF3N2S/c8-4-1-2-14-6(4)5(13-12)3-7(9,10)11/h1-2,5,13H,3,12H2. The first-order valence-corrected chi connectivity index (χ1v) is 4.95. The molecule has 1 aromatic rings. The SMILES string of the molecule is NNC(CC(F)(F)F)c1sccc1Cl. The van der Waals surface area contributed by atoms with Crippen molar-refractivity contribution in [3.05, 3.63) is 21.3 Å². The molecule has 0 saturated heterocycles. The number of nitrogens with two attached hydrogens (primary N) is 1. The van der Waals surface area contributed by atoms with Gasteiger partial charge in [0.15, 0.2) is 0 Å². The van der Waals surface area contributed by atoms with Crippen molar-refractivity contribution < 1.29 is 13.2 Å². The molecule has 1 rings (SSSR count). The Hall–Kier alpha value is -0.300. The zero-order valence-electron chi connectivity index (χ0n) is 6.94. The third-order valence-corrected chi connectivity index (χ3v) is 3.07. The van der Waals surface area contributed by atoms with Crippen molar-refractivity contribution in [1.82, 2.24) is 5.43 Å². The number of alkyl halides is 3. The first-order valence-electron chi connectivity index (χ1n) is 3.70. The van der Waals surface area contributed by atoms with Gasteiger partial charge in [-0.3, -0.25) is 11.3 Å². The average molecular weight is 245 g/mol. The van der Waals surface area contributed by atoms with Crippen LogP contribution in [0.3, 0.4) is 0 Å². The van der Waals surface area contributed by atoms with E-state index in [4.69, 9.17) is 17.4 Å². The van der Waals surface area contributed by atoms with E-state index >= 15 is 0 Å². The molecule has 0 radical (unpaired) electrons. The highest BCUT2D eigenvalue weighted by Crippen LogP contribution is 2.35. The molecule has 0 fully saturated rings. The van der Waals surface area contributed by atoms with Gasteiger partial charge in [-0.25, -0.2) is 0 Å². The molecule has 3 N–H and O–H groups in total. The molecule has 0 aliphatic heterocycles. The molecule has 0 bridgehead atoms. The van der Waals surface area contributed by atoms with Gasteiger partial charge in [0, 0.05) is 4.88 Å². The molecule has 14 heavy (non-hydrogen) atoms. The lowest BCUT2D eigenvalue weighted by Gasteiger charge is -2.16. The minimum absolute atomic E-state index is 0.308. The molecule has 1 heterocycles. The van der Waals surface area contributed by atoms with Crippen LogP contribution >= 0.6 is 22.9 Å². The number of halogens is 4. The summed E-state index contributed by atoms with van der Waals surface area (Å²) < 4.78 is 36.2. The van der Waals surface area contributed by atoms with Crippen LogP contribution in [0.4, 0.5) is 13.2 Å². The van der Waals surface area contributed by atoms with Crippen LogP contribution in [0, 0.1) is 0 Å². The van der Waals surface area contributed by atoms with Crippen LogP contribution in [0.25, 0.3) is 0 Å². The lowest BCUT2D eigenvalue weighted by atomic mass is 10.2. The first-order chi connectivity index (χ1) is 6.44. The molecule has 0 aromatic carbocycles. The molecule has 1 unspecified atom stereocenters. The summed E-state index contributed by atoms with van der Waals surface area (Å²) in [5.74, 6) is 5.04. The maximum Gasteiger partial charge on any atom is 0.391 e. The van der Waals surface area contributed by atoms with Crippen LogP contribution < -0.4 is 11.3 Å². The van der Waals surface area contributed by atoms with Crippen molar-refractivity contribution in [1.29, 1.82) is 0 Å². The summed E-state index contributed by atoms with van der Waals surface area (Å²) in [5.41, 5.74) is 2.11. The van der Waals surface area contributed by atoms with Gasteiger partial charge < -0.3 is 0 Å². The van der Waals surface area contributed by atoms with Gasteiger partial charge in [-0.1, -0.05) is 11.6 Å². The fraction of sp³-hybridized carbons (Fsp3) is 0.429. The second kappa shape index (κ2) is 4.48. The Morgan fingerprint density at radius 1 is 1.57 bits per heavy atom. The van der Waals surface area contributed by atoms with Crippen LogP contribution in [-0.2, 0) is 0 Å². The minimum atomic E-state index is -4.26. The van der Waals surface area contributed by atoms with Crippen molar-refractivity contribution in [2.45, 2.75) is 18.6 Å². The highest BCUT2D eigenvalue weighted by Gasteiger charge is 2.33. The lowest BCUT2D eigenvalue weighted by Crippen LogP contribution is -2.31. The Morgan fingerprint density at radius 2 is 2.21 bits per heavy atom. The molecule has 0 aliphatic rings. The largest absolute Gasteiger partial charge is 0.391 e. The molecule has 0 aliphatic carbocycles. The quantitative estimate of drug-likeness (QED) is 0.634. The van der Waals surface area contributed by atoms with E-state index in [-0.39, 0.29) is 0 Å². The fourth-order valence-corrected chi connectivity index (χ4v) is 2.26. The van der Waals surface area contributed by atoms with Gasteiger partial charge in [0.2, 0.25) is 0 Å². The molecule has 7 heteroatoms. The van der Waals surface area contributed by atoms with Gasteiger partial charge in [-0.05, 0) is 11.4 Å². The second-order valence-corrected chi connectivity index (χ2v) is 4.03. The van der Waals surface area contributed by atoms with Crippen LogP contribution in [0.5, 0.6) is 0 Å². The third-order valence-electron chi connectivity index (χ3n) is 1.60. The molecule has 1 aromatic heterocycles. The van der Waals surface area contributed by atoms with Gasteiger partial charge in [-0.15, -0.1) is 11.3 Å². The minimum Gasteiger partial charge on any atom is -0.271 e. The van der Waals surface area contributed by atoms with E-state index in [1.54, 1.807) is 11.4 Å². The smallest absolute Gasteiger partial charge is 0.271 e. The highest BCUT2D eigenvalue weighted by molar-refractivity contribution is 7.10. The van der Waals surface area contributed by atoms with Crippen LogP contribution in [-0.4, -0.2) is 6.18 Å². The Morgan fingerprint density at radius 3 is 2.57 bits per heavy atom. The summed E-state index contributed by atoms with van der Waals surface area (Å²) in [6.07, 6.45) is -5.28. The monoisotopic (exact) mass is 244 g/mol. The maximum atomic E-state index is 12.1. The predicted molar refractivity (Wildman–Crippen MR) is 50.1 cm³/mol. The average Bonchev–Trinajstić information content (AvgIpc) is 2.45. The van der Waals surface area contributed by atoms with Crippen molar-refractivity contribution in [3.63, 3.8) is 0 Å². The summed E-state index contributed by atoms with van der Waals surface area (Å²) >= 11 is 6.84. The summed E-state index contributed by atoms with van der Waals surface area (Å²) in [6.45, 7) is 0. The zero-order chi connectivity index (χ0) is 10.8. The summed E-state index contributed by atoms with van der Waals surface area (Å²) in [5, 5.41) is 1.93. The number of rotatable bonds is 3. The topological polar surface area (TPSA) is 38.0 Å². The molecule has 0 saturated carbocycles. The highest BCUT2D eigenvalue weighted by atomic mass is 35.5. The summed E-state index contributed by atoms with van der Waals surface area (Å²) in [4.78, 5) is 0.409. The Kier molecular flexibility index (Phi) is 3.77. The van der Waals surface area contributed by atoms with Crippen molar-refractivity contribution in [2.24, 2.45) is 5.84 Å². The summed E-state index contributed by atoms with van der Waals surface area (Å²) in [6, 6.07) is 0.574. The number of hydrogen-bond acceptors (Lipinski definition) is 3. The van der Waals surface area contributed by atoms with Gasteiger partial charge in [0.1, 0.15) is 0 Å². The van der Waals surface area contributed by atoms with E-state index in [2.05, 4.69) is 5.43 Å². The predicted octanol–water partition coefficient (Wildman–Crippen LogP) is 2.86. The molecule has 0 spiro atoms. The van der Waals surface area contributed by atoms with E-state index < -0.39 is 18.6 Å². The van der Waals surface area contributed by atoms with E-state index in [0.717, 1.165) is 11.3 Å². The van der Waals surface area contributed by atoms with Gasteiger partial charge in [0.25, 0.3) is 0 Å². The van der Waals surface area contributed by atoms with E-state index in [9.17, 15) is 13.2 Å². The van der Waals surface area contributed by atoms with Gasteiger partial charge in [0.05, 0.1) is 17.5 Å². The molecular weight excluding hydrogens is 237 g/mol. The molecule has 2 nitrogen and oxygen atoms in total. The number of nitrogens with one attached hydrogen (secondary N) is 1. The number of thiophene rings is 1. The number of hydrogen-bond donors (Lipinski definition) is 2. The van der Waals surface area contributed by atoms with Crippen molar-refractivity contribution in [3.8, 4) is 0 Å². The Bertz CT molecular complexity index is 299. The fourth-order valence-electron chi connectivity index (χ4n) is 1.01. The molecular formula is C7H8ClF3N2S. The van der Waals surface area contributed by atoms with Crippen LogP contribution in [0.15, 0.2) is 11.4 Å². The van der Waals surface area contributed by atoms with Crippen molar-refractivity contribution in [2.75, 3.05) is 0 Å². The van der Waals surface area contributed by atoms with E-state index in [1.807, 2.05) is 0 Å². The van der Waals surface area contributed by atoms with Crippen LogP contribution in [0.2, 0.25) is 5.02 Å². The first kappa shape index (κ1) is 11.8. The Labute approximate surface area is 87.8 Å². The Balaban J connectivity index is 2.78. The maximum absolute atomic E-state index is 12.1. The zero-order valence-corrected chi connectivity index (χ0v) is 8.51. The molecule has 1 atom stereocenters. The third kappa shape index (κ3) is 3.13.